The van der Waals surface area contributed by atoms with Crippen LogP contribution in [0, 0.1) is 5.92 Å². The molecule has 0 saturated carbocycles. The predicted octanol–water partition coefficient (Wildman–Crippen LogP) is 1.45. The highest BCUT2D eigenvalue weighted by Gasteiger charge is 2.23. The molecule has 0 aromatic carbocycles. The molecule has 3 N–H and O–H groups in total. The Labute approximate surface area is 159 Å². The molecular formula is C17H22N4O3S2. The summed E-state index contributed by atoms with van der Waals surface area (Å²) in [6.07, 6.45) is 3.02. The second-order valence-corrected chi connectivity index (χ2v) is 8.47. The summed E-state index contributed by atoms with van der Waals surface area (Å²) >= 11 is 2.75. The van der Waals surface area contributed by atoms with Gasteiger partial charge in [0.1, 0.15) is 4.83 Å². The first-order valence-corrected chi connectivity index (χ1v) is 10.5. The number of hydrogen-bond donors (Lipinski definition) is 3. The first-order valence-electron chi connectivity index (χ1n) is 8.68. The number of aromatic amines is 1. The zero-order valence-electron chi connectivity index (χ0n) is 14.8. The summed E-state index contributed by atoms with van der Waals surface area (Å²) < 4.78 is 0. The first-order chi connectivity index (χ1) is 12.5. The van der Waals surface area contributed by atoms with Crippen LogP contribution in [0.4, 0.5) is 0 Å². The van der Waals surface area contributed by atoms with Crippen LogP contribution >= 0.6 is 23.1 Å². The molecule has 0 radical (unpaired) electrons. The fraction of sp³-hybridized carbons (Fsp3) is 0.529. The maximum absolute atomic E-state index is 12.5. The lowest BCUT2D eigenvalue weighted by Crippen LogP contribution is -2.37. The molecule has 0 unspecified atom stereocenters. The zero-order chi connectivity index (χ0) is 18.7. The van der Waals surface area contributed by atoms with E-state index < -0.39 is 0 Å². The van der Waals surface area contributed by atoms with E-state index >= 15 is 0 Å². The van der Waals surface area contributed by atoms with E-state index in [-0.39, 0.29) is 29.7 Å². The number of carbonyl (C=O) groups excluding carboxylic acids is 2. The molecule has 0 aliphatic heterocycles. The van der Waals surface area contributed by atoms with Crippen molar-refractivity contribution >= 4 is 45.1 Å². The Hall–Kier alpha value is -1.87. The molecule has 26 heavy (non-hydrogen) atoms. The van der Waals surface area contributed by atoms with Crippen LogP contribution < -0.4 is 16.2 Å². The van der Waals surface area contributed by atoms with Crippen molar-refractivity contribution in [2.24, 2.45) is 5.92 Å². The van der Waals surface area contributed by atoms with E-state index in [0.717, 1.165) is 29.7 Å². The van der Waals surface area contributed by atoms with Gasteiger partial charge >= 0.3 is 0 Å². The normalized spacial score (nSPS) is 16.3. The molecule has 0 saturated heterocycles. The van der Waals surface area contributed by atoms with Gasteiger partial charge in [0, 0.05) is 11.4 Å². The summed E-state index contributed by atoms with van der Waals surface area (Å²) in [6, 6.07) is 0. The quantitative estimate of drug-likeness (QED) is 0.508. The summed E-state index contributed by atoms with van der Waals surface area (Å²) in [6.45, 7) is 4.52. The van der Waals surface area contributed by atoms with Crippen LogP contribution in [0.5, 0.6) is 0 Å². The average molecular weight is 395 g/mol. The number of hydrogen-bond acceptors (Lipinski definition) is 6. The van der Waals surface area contributed by atoms with E-state index in [0.29, 0.717) is 23.0 Å². The molecule has 3 rings (SSSR count). The Morgan fingerprint density at radius 1 is 1.35 bits per heavy atom. The van der Waals surface area contributed by atoms with Crippen LogP contribution in [0.3, 0.4) is 0 Å². The molecule has 2 heterocycles. The van der Waals surface area contributed by atoms with Crippen LogP contribution in [0.15, 0.2) is 9.95 Å². The van der Waals surface area contributed by atoms with E-state index in [1.165, 1.54) is 16.6 Å². The van der Waals surface area contributed by atoms with E-state index in [1.54, 1.807) is 11.3 Å². The summed E-state index contributed by atoms with van der Waals surface area (Å²) in [5.74, 6) is 0.230. The Kier molecular flexibility index (Phi) is 5.98. The lowest BCUT2D eigenvalue weighted by molar-refractivity contribution is -0.124. The van der Waals surface area contributed by atoms with Crippen molar-refractivity contribution in [1.29, 1.82) is 0 Å². The molecule has 7 nitrogen and oxygen atoms in total. The molecule has 0 bridgehead atoms. The maximum atomic E-state index is 12.5. The summed E-state index contributed by atoms with van der Waals surface area (Å²) in [7, 11) is 0. The van der Waals surface area contributed by atoms with Crippen molar-refractivity contribution in [3.8, 4) is 0 Å². The number of thioether (sulfide) groups is 1. The molecule has 2 aromatic rings. The van der Waals surface area contributed by atoms with Crippen molar-refractivity contribution < 1.29 is 9.59 Å². The molecule has 0 fully saturated rings. The van der Waals surface area contributed by atoms with Crippen molar-refractivity contribution in [2.45, 2.75) is 38.3 Å². The van der Waals surface area contributed by atoms with Crippen molar-refractivity contribution in [2.75, 3.05) is 18.8 Å². The number of nitrogens with one attached hydrogen (secondary N) is 3. The smallest absolute Gasteiger partial charge is 0.260 e. The molecule has 2 amide bonds. The molecule has 1 aliphatic carbocycles. The monoisotopic (exact) mass is 394 g/mol. The summed E-state index contributed by atoms with van der Waals surface area (Å²) in [5.41, 5.74) is 1.01. The number of thiophene rings is 1. The van der Waals surface area contributed by atoms with Gasteiger partial charge in [0.05, 0.1) is 17.7 Å². The van der Waals surface area contributed by atoms with E-state index in [4.69, 9.17) is 0 Å². The van der Waals surface area contributed by atoms with Crippen LogP contribution in [0.2, 0.25) is 0 Å². The Balaban J connectivity index is 1.67. The number of nitrogens with zero attached hydrogens (tertiary/aromatic N) is 1. The van der Waals surface area contributed by atoms with E-state index in [9.17, 15) is 14.4 Å². The van der Waals surface area contributed by atoms with Gasteiger partial charge in [-0.2, -0.15) is 0 Å². The number of aromatic nitrogens is 2. The second-order valence-electron chi connectivity index (χ2n) is 6.42. The van der Waals surface area contributed by atoms with Gasteiger partial charge in [0.15, 0.2) is 5.16 Å². The van der Waals surface area contributed by atoms with Gasteiger partial charge < -0.3 is 15.6 Å². The Bertz CT molecular complexity index is 890. The van der Waals surface area contributed by atoms with Gasteiger partial charge in [-0.25, -0.2) is 4.98 Å². The highest BCUT2D eigenvalue weighted by atomic mass is 32.2. The minimum absolute atomic E-state index is 0.0496. The van der Waals surface area contributed by atoms with Gasteiger partial charge in [0.25, 0.3) is 5.56 Å². The van der Waals surface area contributed by atoms with E-state index in [2.05, 4.69) is 27.5 Å². The molecule has 0 spiro atoms. The lowest BCUT2D eigenvalue weighted by atomic mass is 9.89. The number of aryl methyl sites for hydroxylation is 1. The highest BCUT2D eigenvalue weighted by Crippen LogP contribution is 2.36. The summed E-state index contributed by atoms with van der Waals surface area (Å²) in [5, 5.41) is 6.30. The zero-order valence-corrected chi connectivity index (χ0v) is 16.4. The number of rotatable bonds is 6. The third kappa shape index (κ3) is 4.27. The minimum Gasteiger partial charge on any atom is -0.355 e. The van der Waals surface area contributed by atoms with Gasteiger partial charge in [0.2, 0.25) is 11.8 Å². The highest BCUT2D eigenvalue weighted by molar-refractivity contribution is 7.99. The largest absolute Gasteiger partial charge is 0.355 e. The fourth-order valence-electron chi connectivity index (χ4n) is 3.02. The van der Waals surface area contributed by atoms with Gasteiger partial charge in [-0.1, -0.05) is 18.7 Å². The number of H-pyrrole nitrogens is 1. The molecule has 1 atom stereocenters. The number of likely N-dealkylation sites (N-methyl/N-ethyl adjacent to an activating group) is 1. The van der Waals surface area contributed by atoms with Crippen LogP contribution in [0.25, 0.3) is 10.2 Å². The average Bonchev–Trinajstić information content (AvgIpc) is 2.96. The van der Waals surface area contributed by atoms with Crippen LogP contribution in [-0.2, 0) is 22.4 Å². The molecule has 140 valence electrons. The lowest BCUT2D eigenvalue weighted by Gasteiger charge is -2.17. The van der Waals surface area contributed by atoms with Crippen molar-refractivity contribution in [3.63, 3.8) is 0 Å². The fourth-order valence-corrected chi connectivity index (χ4v) is 5.15. The van der Waals surface area contributed by atoms with Crippen LogP contribution in [0.1, 0.15) is 30.7 Å². The number of carbonyl (C=O) groups is 2. The standard InChI is InChI=1S/C17H22N4O3S2/c1-3-18-12(22)7-19-13(23)8-25-17-20-15(24)14-10-5-4-9(2)6-11(10)26-16(14)21-17/h9H,3-8H2,1-2H3,(H,18,22)(H,19,23)(H,20,21,24)/t9-/m0/s1. The maximum Gasteiger partial charge on any atom is 0.260 e. The molecular weight excluding hydrogens is 372 g/mol. The van der Waals surface area contributed by atoms with Crippen molar-refractivity contribution in [1.82, 2.24) is 20.6 Å². The van der Waals surface area contributed by atoms with Crippen LogP contribution in [-0.4, -0.2) is 40.6 Å². The first kappa shape index (κ1) is 18.9. The van der Waals surface area contributed by atoms with Gasteiger partial charge in [-0.3, -0.25) is 14.4 Å². The predicted molar refractivity (Wildman–Crippen MR) is 104 cm³/mol. The Morgan fingerprint density at radius 2 is 2.15 bits per heavy atom. The van der Waals surface area contributed by atoms with Gasteiger partial charge in [-0.15, -0.1) is 11.3 Å². The topological polar surface area (TPSA) is 104 Å². The van der Waals surface area contributed by atoms with E-state index in [1.807, 2.05) is 6.92 Å². The summed E-state index contributed by atoms with van der Waals surface area (Å²) in [4.78, 5) is 45.0. The third-order valence-electron chi connectivity index (χ3n) is 4.30. The molecule has 1 aliphatic rings. The number of amides is 2. The molecule has 9 heteroatoms. The third-order valence-corrected chi connectivity index (χ3v) is 6.33. The minimum atomic E-state index is -0.275. The molecule has 2 aromatic heterocycles. The number of fused-ring (bicyclic) bond motifs is 3. The van der Waals surface area contributed by atoms with Crippen molar-refractivity contribution in [3.05, 3.63) is 20.8 Å². The SMILES string of the molecule is CCNC(=O)CNC(=O)CSc1nc2sc3c(c2c(=O)[nH]1)CC[C@H](C)C3. The second kappa shape index (κ2) is 8.22. The van der Waals surface area contributed by atoms with Gasteiger partial charge in [-0.05, 0) is 37.7 Å². The Morgan fingerprint density at radius 3 is 2.92 bits per heavy atom.